The number of halogens is 3. The third-order valence-electron chi connectivity index (χ3n) is 7.45. The topological polar surface area (TPSA) is 58.4 Å². The van der Waals surface area contributed by atoms with Crippen LogP contribution in [0.3, 0.4) is 0 Å². The Bertz CT molecular complexity index is 1300. The van der Waals surface area contributed by atoms with Gasteiger partial charge in [0.25, 0.3) is 5.91 Å². The summed E-state index contributed by atoms with van der Waals surface area (Å²) in [5, 5.41) is 3.16. The van der Waals surface area contributed by atoms with Gasteiger partial charge in [0.05, 0.1) is 5.56 Å². The predicted molar refractivity (Wildman–Crippen MR) is 139 cm³/mol. The fourth-order valence-corrected chi connectivity index (χ4v) is 6.39. The van der Waals surface area contributed by atoms with Crippen LogP contribution in [0.2, 0.25) is 0 Å². The number of hydrogen-bond acceptors (Lipinski definition) is 4. The highest BCUT2D eigenvalue weighted by Gasteiger charge is 2.39. The summed E-state index contributed by atoms with van der Waals surface area (Å²) in [4.78, 5) is 17.1. The van der Waals surface area contributed by atoms with E-state index in [1.165, 1.54) is 30.2 Å². The number of thiophene rings is 1. The van der Waals surface area contributed by atoms with Gasteiger partial charge in [-0.2, -0.15) is 13.2 Å². The Hall–Kier alpha value is -3.10. The number of fused-ring (bicyclic) bond motifs is 2. The summed E-state index contributed by atoms with van der Waals surface area (Å²) in [6, 6.07) is 15.6. The summed E-state index contributed by atoms with van der Waals surface area (Å²) in [6.07, 6.45) is -0.167. The largest absolute Gasteiger partial charge is 0.416 e. The summed E-state index contributed by atoms with van der Waals surface area (Å²) < 4.78 is 39.4. The predicted octanol–water partition coefficient (Wildman–Crippen LogP) is 6.44. The van der Waals surface area contributed by atoms with Crippen molar-refractivity contribution in [2.24, 2.45) is 0 Å². The SMILES string of the molecule is C=C(C(=O)NC1CC2CCC(C1)N2C)c1cc(-c2ccc(-c3cccc(C(F)(F)F)c3)s2)ccc1N. The van der Waals surface area contributed by atoms with E-state index in [9.17, 15) is 18.0 Å². The van der Waals surface area contributed by atoms with Gasteiger partial charge in [-0.05, 0) is 80.3 Å². The molecular formula is C28H28F3N3OS. The van der Waals surface area contributed by atoms with Crippen LogP contribution < -0.4 is 11.1 Å². The minimum Gasteiger partial charge on any atom is -0.398 e. The second-order valence-electron chi connectivity index (χ2n) is 9.72. The van der Waals surface area contributed by atoms with E-state index in [1.807, 2.05) is 18.2 Å². The molecule has 5 rings (SSSR count). The lowest BCUT2D eigenvalue weighted by atomic mass is 9.96. The van der Waals surface area contributed by atoms with E-state index in [0.717, 1.165) is 40.3 Å². The number of nitrogens with two attached hydrogens (primary N) is 1. The molecule has 36 heavy (non-hydrogen) atoms. The van der Waals surface area contributed by atoms with Gasteiger partial charge in [-0.3, -0.25) is 4.79 Å². The van der Waals surface area contributed by atoms with Crippen molar-refractivity contribution < 1.29 is 18.0 Å². The normalized spacial score (nSPS) is 21.9. The number of nitrogens with zero attached hydrogens (tertiary/aromatic N) is 1. The van der Waals surface area contributed by atoms with Crippen molar-refractivity contribution in [1.82, 2.24) is 10.2 Å². The Kier molecular flexibility index (Phi) is 6.43. The number of piperidine rings is 1. The van der Waals surface area contributed by atoms with Crippen LogP contribution >= 0.6 is 11.3 Å². The summed E-state index contributed by atoms with van der Waals surface area (Å²) in [5.41, 5.74) is 8.21. The molecule has 2 fully saturated rings. The van der Waals surface area contributed by atoms with Gasteiger partial charge in [-0.1, -0.05) is 24.8 Å². The smallest absolute Gasteiger partial charge is 0.398 e. The van der Waals surface area contributed by atoms with Crippen LogP contribution in [-0.2, 0) is 11.0 Å². The molecule has 8 heteroatoms. The lowest BCUT2D eigenvalue weighted by molar-refractivity contribution is -0.137. The number of alkyl halides is 3. The molecule has 2 aromatic carbocycles. The molecule has 188 valence electrons. The van der Waals surface area contributed by atoms with Gasteiger partial charge in [-0.15, -0.1) is 11.3 Å². The molecule has 1 aromatic heterocycles. The molecule has 0 saturated carbocycles. The fraction of sp³-hybridized carbons (Fsp3) is 0.321. The zero-order chi connectivity index (χ0) is 25.6. The van der Waals surface area contributed by atoms with Gasteiger partial charge in [0, 0.05) is 44.7 Å². The van der Waals surface area contributed by atoms with E-state index in [1.54, 1.807) is 18.2 Å². The molecule has 2 saturated heterocycles. The van der Waals surface area contributed by atoms with Crippen LogP contribution in [0.4, 0.5) is 18.9 Å². The molecule has 2 unspecified atom stereocenters. The zero-order valence-corrected chi connectivity index (χ0v) is 20.8. The first kappa shape index (κ1) is 24.6. The monoisotopic (exact) mass is 511 g/mol. The van der Waals surface area contributed by atoms with Gasteiger partial charge in [0.1, 0.15) is 0 Å². The second kappa shape index (κ2) is 9.41. The molecule has 0 aliphatic carbocycles. The molecule has 2 aliphatic heterocycles. The number of amides is 1. The lowest BCUT2D eigenvalue weighted by Crippen LogP contribution is -2.48. The highest BCUT2D eigenvalue weighted by atomic mass is 32.1. The minimum absolute atomic E-state index is 0.125. The van der Waals surface area contributed by atoms with Gasteiger partial charge in [0.15, 0.2) is 0 Å². The number of hydrogen-bond donors (Lipinski definition) is 2. The maximum absolute atomic E-state index is 13.1. The first-order valence-electron chi connectivity index (χ1n) is 12.0. The summed E-state index contributed by atoms with van der Waals surface area (Å²) in [6.45, 7) is 4.03. The van der Waals surface area contributed by atoms with Gasteiger partial charge in [-0.25, -0.2) is 0 Å². The van der Waals surface area contributed by atoms with Crippen LogP contribution in [0.5, 0.6) is 0 Å². The number of anilines is 1. The average molecular weight is 512 g/mol. The number of nitrogen functional groups attached to an aromatic ring is 1. The standard InChI is InChI=1S/C28H28F3N3OS/c1-16(27(35)33-20-14-21-7-8-22(15-20)34(21)2)23-13-18(6-9-24(23)32)26-11-10-25(36-26)17-4-3-5-19(12-17)28(29,30)31/h3-6,9-13,20-22H,1,7-8,14-15,32H2,2H3,(H,33,35). The van der Waals surface area contributed by atoms with E-state index < -0.39 is 11.7 Å². The number of rotatable bonds is 5. The van der Waals surface area contributed by atoms with Crippen LogP contribution in [0, 0.1) is 0 Å². The number of benzene rings is 2. The molecule has 0 spiro atoms. The Morgan fingerprint density at radius 3 is 2.31 bits per heavy atom. The molecule has 1 amide bonds. The summed E-state index contributed by atoms with van der Waals surface area (Å²) in [7, 11) is 2.16. The van der Waals surface area contributed by atoms with Crippen molar-refractivity contribution in [3.05, 3.63) is 72.3 Å². The van der Waals surface area contributed by atoms with Gasteiger partial charge < -0.3 is 16.0 Å². The number of nitrogens with one attached hydrogen (secondary N) is 1. The lowest BCUT2D eigenvalue weighted by Gasteiger charge is -2.36. The first-order chi connectivity index (χ1) is 17.1. The van der Waals surface area contributed by atoms with Gasteiger partial charge in [0.2, 0.25) is 0 Å². The third-order valence-corrected chi connectivity index (χ3v) is 8.63. The van der Waals surface area contributed by atoms with Crippen molar-refractivity contribution in [2.75, 3.05) is 12.8 Å². The quantitative estimate of drug-likeness (QED) is 0.306. The van der Waals surface area contributed by atoms with Crippen LogP contribution in [0.25, 0.3) is 26.5 Å². The van der Waals surface area contributed by atoms with Gasteiger partial charge >= 0.3 is 6.18 Å². The first-order valence-corrected chi connectivity index (χ1v) is 12.8. The Balaban J connectivity index is 1.34. The number of carbonyl (C=O) groups excluding carboxylic acids is 1. The highest BCUT2D eigenvalue weighted by Crippen LogP contribution is 2.39. The summed E-state index contributed by atoms with van der Waals surface area (Å²) >= 11 is 1.39. The van der Waals surface area contributed by atoms with E-state index in [2.05, 4.69) is 23.8 Å². The van der Waals surface area contributed by atoms with Crippen LogP contribution in [-0.4, -0.2) is 36.0 Å². The van der Waals surface area contributed by atoms with E-state index in [4.69, 9.17) is 5.73 Å². The molecule has 3 heterocycles. The zero-order valence-electron chi connectivity index (χ0n) is 19.9. The Morgan fingerprint density at radius 1 is 1.03 bits per heavy atom. The molecule has 2 aliphatic rings. The van der Waals surface area contributed by atoms with E-state index in [-0.39, 0.29) is 11.9 Å². The van der Waals surface area contributed by atoms with E-state index >= 15 is 0 Å². The fourth-order valence-electron chi connectivity index (χ4n) is 5.39. The molecule has 3 aromatic rings. The minimum atomic E-state index is -4.39. The maximum atomic E-state index is 13.1. The molecule has 2 bridgehead atoms. The van der Waals surface area contributed by atoms with Crippen molar-refractivity contribution in [3.63, 3.8) is 0 Å². The van der Waals surface area contributed by atoms with Crippen molar-refractivity contribution >= 4 is 28.5 Å². The van der Waals surface area contributed by atoms with Crippen molar-refractivity contribution in [2.45, 2.75) is 50.0 Å². The van der Waals surface area contributed by atoms with Crippen LogP contribution in [0.1, 0.15) is 36.8 Å². The Morgan fingerprint density at radius 2 is 1.67 bits per heavy atom. The van der Waals surface area contributed by atoms with Crippen molar-refractivity contribution in [1.29, 1.82) is 0 Å². The maximum Gasteiger partial charge on any atom is 0.416 e. The highest BCUT2D eigenvalue weighted by molar-refractivity contribution is 7.18. The second-order valence-corrected chi connectivity index (χ2v) is 10.8. The Labute approximate surface area is 212 Å². The van der Waals surface area contributed by atoms with E-state index in [0.29, 0.717) is 34.5 Å². The number of carbonyl (C=O) groups is 1. The summed E-state index contributed by atoms with van der Waals surface area (Å²) in [5.74, 6) is -0.219. The molecule has 4 nitrogen and oxygen atoms in total. The third kappa shape index (κ3) is 4.80. The molecular weight excluding hydrogens is 483 g/mol. The molecule has 0 radical (unpaired) electrons. The van der Waals surface area contributed by atoms with Crippen molar-refractivity contribution in [3.8, 4) is 20.9 Å². The van der Waals surface area contributed by atoms with Crippen LogP contribution in [0.15, 0.2) is 61.2 Å². The molecule has 2 atom stereocenters. The average Bonchev–Trinajstić information content (AvgIpc) is 3.40. The molecule has 3 N–H and O–H groups in total.